The van der Waals surface area contributed by atoms with Crippen LogP contribution in [0.2, 0.25) is 0 Å². The molecule has 26 heavy (non-hydrogen) atoms. The predicted molar refractivity (Wildman–Crippen MR) is 99.8 cm³/mol. The number of aryl methyl sites for hydroxylation is 1. The van der Waals surface area contributed by atoms with Gasteiger partial charge in [-0.25, -0.2) is 0 Å². The lowest BCUT2D eigenvalue weighted by Gasteiger charge is -2.21. The molecule has 0 aliphatic carbocycles. The molecule has 2 aromatic rings. The summed E-state index contributed by atoms with van der Waals surface area (Å²) in [5.74, 6) is -0.337. The van der Waals surface area contributed by atoms with Crippen molar-refractivity contribution in [3.63, 3.8) is 0 Å². The topological polar surface area (TPSA) is 73.2 Å². The molecule has 0 radical (unpaired) electrons. The van der Waals surface area contributed by atoms with E-state index in [9.17, 15) is 14.9 Å². The lowest BCUT2D eigenvalue weighted by atomic mass is 10.0. The van der Waals surface area contributed by atoms with Gasteiger partial charge in [0.25, 0.3) is 0 Å². The number of benzene rings is 2. The van der Waals surface area contributed by atoms with Crippen LogP contribution < -0.4 is 5.32 Å². The molecule has 2 aromatic carbocycles. The standard InChI is InChI=1S/C21H23N3O2/c1-16-8-6-7-11-19(16)20(14-22)23-21(26)12-13-24(17(2)25)15-18-9-4-3-5-10-18/h3-11,20H,12-13,15H2,1-2H3,(H,23,26)/t20-/m0/s1. The summed E-state index contributed by atoms with van der Waals surface area (Å²) in [6.45, 7) is 4.17. The number of carbonyl (C=O) groups is 2. The second-order valence-electron chi connectivity index (χ2n) is 6.16. The van der Waals surface area contributed by atoms with E-state index in [0.29, 0.717) is 13.1 Å². The average molecular weight is 349 g/mol. The van der Waals surface area contributed by atoms with E-state index in [-0.39, 0.29) is 18.2 Å². The van der Waals surface area contributed by atoms with E-state index in [4.69, 9.17) is 0 Å². The minimum absolute atomic E-state index is 0.0857. The van der Waals surface area contributed by atoms with Crippen LogP contribution >= 0.6 is 0 Å². The normalized spacial score (nSPS) is 11.3. The highest BCUT2D eigenvalue weighted by Gasteiger charge is 2.17. The van der Waals surface area contributed by atoms with E-state index in [0.717, 1.165) is 16.7 Å². The maximum Gasteiger partial charge on any atom is 0.223 e. The highest BCUT2D eigenvalue weighted by Crippen LogP contribution is 2.16. The summed E-state index contributed by atoms with van der Waals surface area (Å²) in [6, 6.07) is 18.6. The number of nitrogens with one attached hydrogen (secondary N) is 1. The first kappa shape index (κ1) is 19.2. The second-order valence-corrected chi connectivity index (χ2v) is 6.16. The Hall–Kier alpha value is -3.13. The molecule has 0 spiro atoms. The number of carbonyl (C=O) groups excluding carboxylic acids is 2. The molecule has 5 nitrogen and oxygen atoms in total. The zero-order valence-electron chi connectivity index (χ0n) is 15.1. The van der Waals surface area contributed by atoms with Crippen molar-refractivity contribution in [2.75, 3.05) is 6.54 Å². The molecule has 0 aromatic heterocycles. The van der Waals surface area contributed by atoms with E-state index in [1.165, 1.54) is 6.92 Å². The summed E-state index contributed by atoms with van der Waals surface area (Å²) >= 11 is 0. The van der Waals surface area contributed by atoms with E-state index in [1.807, 2.05) is 61.5 Å². The van der Waals surface area contributed by atoms with Crippen LogP contribution in [0, 0.1) is 18.3 Å². The lowest BCUT2D eigenvalue weighted by molar-refractivity contribution is -0.130. The Morgan fingerprint density at radius 3 is 2.38 bits per heavy atom. The number of rotatable bonds is 7. The van der Waals surface area contributed by atoms with Crippen molar-refractivity contribution in [2.24, 2.45) is 0 Å². The fourth-order valence-corrected chi connectivity index (χ4v) is 2.71. The van der Waals surface area contributed by atoms with Crippen molar-refractivity contribution < 1.29 is 9.59 Å². The van der Waals surface area contributed by atoms with Gasteiger partial charge in [0.2, 0.25) is 11.8 Å². The molecule has 0 aliphatic rings. The van der Waals surface area contributed by atoms with Crippen molar-refractivity contribution in [2.45, 2.75) is 32.9 Å². The van der Waals surface area contributed by atoms with Crippen molar-refractivity contribution >= 4 is 11.8 Å². The molecule has 2 rings (SSSR count). The molecular weight excluding hydrogens is 326 g/mol. The Morgan fingerprint density at radius 2 is 1.77 bits per heavy atom. The van der Waals surface area contributed by atoms with Crippen LogP contribution in [-0.4, -0.2) is 23.3 Å². The van der Waals surface area contributed by atoms with Gasteiger partial charge in [0.1, 0.15) is 6.04 Å². The Balaban J connectivity index is 1.94. The highest BCUT2D eigenvalue weighted by atomic mass is 16.2. The van der Waals surface area contributed by atoms with Gasteiger partial charge in [-0.05, 0) is 23.6 Å². The van der Waals surface area contributed by atoms with Gasteiger partial charge in [-0.3, -0.25) is 9.59 Å². The van der Waals surface area contributed by atoms with Gasteiger partial charge in [-0.15, -0.1) is 0 Å². The van der Waals surface area contributed by atoms with Gasteiger partial charge in [0.05, 0.1) is 6.07 Å². The molecule has 0 saturated heterocycles. The minimum Gasteiger partial charge on any atom is -0.338 e. The predicted octanol–water partition coefficient (Wildman–Crippen LogP) is 3.11. The van der Waals surface area contributed by atoms with Crippen molar-refractivity contribution in [1.29, 1.82) is 5.26 Å². The number of hydrogen-bond acceptors (Lipinski definition) is 3. The molecule has 0 saturated carbocycles. The van der Waals surface area contributed by atoms with E-state index >= 15 is 0 Å². The zero-order valence-corrected chi connectivity index (χ0v) is 15.1. The van der Waals surface area contributed by atoms with Crippen LogP contribution in [0.1, 0.15) is 36.1 Å². The van der Waals surface area contributed by atoms with Crippen LogP contribution in [0.4, 0.5) is 0 Å². The number of hydrogen-bond donors (Lipinski definition) is 1. The first-order valence-electron chi connectivity index (χ1n) is 8.55. The van der Waals surface area contributed by atoms with E-state index in [1.54, 1.807) is 4.90 Å². The number of amides is 2. The lowest BCUT2D eigenvalue weighted by Crippen LogP contribution is -2.34. The molecule has 0 unspecified atom stereocenters. The van der Waals surface area contributed by atoms with Gasteiger partial charge < -0.3 is 10.2 Å². The third-order valence-electron chi connectivity index (χ3n) is 4.20. The van der Waals surface area contributed by atoms with Gasteiger partial charge in [0, 0.05) is 26.4 Å². The minimum atomic E-state index is -0.691. The summed E-state index contributed by atoms with van der Waals surface area (Å²) in [6.07, 6.45) is 0.149. The average Bonchev–Trinajstić information content (AvgIpc) is 2.64. The Morgan fingerprint density at radius 1 is 1.12 bits per heavy atom. The molecule has 2 amide bonds. The monoisotopic (exact) mass is 349 g/mol. The molecule has 1 N–H and O–H groups in total. The molecule has 0 heterocycles. The quantitative estimate of drug-likeness (QED) is 0.835. The Bertz CT molecular complexity index is 796. The van der Waals surface area contributed by atoms with Gasteiger partial charge in [0.15, 0.2) is 0 Å². The first-order valence-corrected chi connectivity index (χ1v) is 8.55. The molecule has 0 fully saturated rings. The van der Waals surface area contributed by atoms with E-state index in [2.05, 4.69) is 11.4 Å². The summed E-state index contributed by atoms with van der Waals surface area (Å²) in [7, 11) is 0. The smallest absolute Gasteiger partial charge is 0.223 e. The molecule has 134 valence electrons. The molecule has 0 bridgehead atoms. The summed E-state index contributed by atoms with van der Waals surface area (Å²) < 4.78 is 0. The summed E-state index contributed by atoms with van der Waals surface area (Å²) in [5.41, 5.74) is 2.75. The van der Waals surface area contributed by atoms with Crippen LogP contribution in [0.25, 0.3) is 0 Å². The second kappa shape index (κ2) is 9.38. The highest BCUT2D eigenvalue weighted by molar-refractivity contribution is 5.78. The third kappa shape index (κ3) is 5.45. The number of nitrogens with zero attached hydrogens (tertiary/aromatic N) is 2. The first-order chi connectivity index (χ1) is 12.5. The maximum atomic E-state index is 12.3. The van der Waals surface area contributed by atoms with Crippen molar-refractivity contribution in [1.82, 2.24) is 10.2 Å². The molecule has 1 atom stereocenters. The van der Waals surface area contributed by atoms with Crippen LogP contribution in [0.5, 0.6) is 0 Å². The molecule has 0 aliphatic heterocycles. The van der Waals surface area contributed by atoms with Crippen molar-refractivity contribution in [3.05, 3.63) is 71.3 Å². The fourth-order valence-electron chi connectivity index (χ4n) is 2.71. The van der Waals surface area contributed by atoms with Crippen molar-refractivity contribution in [3.8, 4) is 6.07 Å². The van der Waals surface area contributed by atoms with Crippen LogP contribution in [0.3, 0.4) is 0 Å². The molecular formula is C21H23N3O2. The van der Waals surface area contributed by atoms with E-state index < -0.39 is 6.04 Å². The van der Waals surface area contributed by atoms with Crippen LogP contribution in [0.15, 0.2) is 54.6 Å². The Kier molecular flexibility index (Phi) is 6.92. The fraction of sp³-hybridized carbons (Fsp3) is 0.286. The zero-order chi connectivity index (χ0) is 18.9. The van der Waals surface area contributed by atoms with Gasteiger partial charge >= 0.3 is 0 Å². The van der Waals surface area contributed by atoms with Gasteiger partial charge in [-0.1, -0.05) is 54.6 Å². The Labute approximate surface area is 154 Å². The van der Waals surface area contributed by atoms with Gasteiger partial charge in [-0.2, -0.15) is 5.26 Å². The largest absolute Gasteiger partial charge is 0.338 e. The number of nitriles is 1. The maximum absolute atomic E-state index is 12.3. The summed E-state index contributed by atoms with van der Waals surface area (Å²) in [4.78, 5) is 25.8. The molecule has 5 heteroatoms. The SMILES string of the molecule is CC(=O)N(CCC(=O)N[C@@H](C#N)c1ccccc1C)Cc1ccccc1. The summed E-state index contributed by atoms with van der Waals surface area (Å²) in [5, 5.41) is 12.1. The third-order valence-corrected chi connectivity index (χ3v) is 4.20. The van der Waals surface area contributed by atoms with Crippen LogP contribution in [-0.2, 0) is 16.1 Å².